The Morgan fingerprint density at radius 3 is 2.08 bits per heavy atom. The molecule has 1 aliphatic rings. The van der Waals surface area contributed by atoms with Gasteiger partial charge in [-0.25, -0.2) is 4.79 Å². The summed E-state index contributed by atoms with van der Waals surface area (Å²) in [5.74, 6) is 0. The molecular weight excluding hydrogens is 190 g/mol. The third-order valence-electron chi connectivity index (χ3n) is 1.76. The number of likely N-dealkylation sites (tertiary alicyclic amines) is 1. The molecule has 0 atom stereocenters. The van der Waals surface area contributed by atoms with E-state index in [0.717, 1.165) is 25.9 Å². The predicted molar refractivity (Wildman–Crippen MR) is 54.3 cm³/mol. The Kier molecular flexibility index (Phi) is 4.54. The van der Waals surface area contributed by atoms with Crippen LogP contribution in [0, 0.1) is 0 Å². The van der Waals surface area contributed by atoms with Gasteiger partial charge in [0.25, 0.3) is 0 Å². The van der Waals surface area contributed by atoms with Crippen LogP contribution in [0.15, 0.2) is 0 Å². The fraction of sp³-hybridized carbons (Fsp3) is 0.889. The average molecular weight is 208 g/mol. The topological polar surface area (TPSA) is 29.5 Å². The summed E-state index contributed by atoms with van der Waals surface area (Å²) in [5, 5.41) is 0. The fourth-order valence-electron chi connectivity index (χ4n) is 1.23. The van der Waals surface area contributed by atoms with Crippen molar-refractivity contribution in [1.29, 1.82) is 0 Å². The molecule has 0 bridgehead atoms. The smallest absolute Gasteiger partial charge is 0.410 e. The van der Waals surface area contributed by atoms with Crippen molar-refractivity contribution in [2.75, 3.05) is 13.1 Å². The first-order valence-corrected chi connectivity index (χ1v) is 4.47. The molecule has 3 nitrogen and oxygen atoms in total. The van der Waals surface area contributed by atoms with Gasteiger partial charge in [-0.1, -0.05) is 0 Å². The Bertz CT molecular complexity index is 171. The molecule has 0 saturated carbocycles. The zero-order valence-electron chi connectivity index (χ0n) is 8.50. The lowest BCUT2D eigenvalue weighted by Crippen LogP contribution is -2.34. The summed E-state index contributed by atoms with van der Waals surface area (Å²) in [5.41, 5.74) is -0.361. The zero-order chi connectivity index (χ0) is 9.19. The van der Waals surface area contributed by atoms with Gasteiger partial charge in [-0.2, -0.15) is 0 Å². The fourth-order valence-corrected chi connectivity index (χ4v) is 1.23. The Labute approximate surface area is 85.8 Å². The summed E-state index contributed by atoms with van der Waals surface area (Å²) >= 11 is 0. The van der Waals surface area contributed by atoms with E-state index < -0.39 is 0 Å². The minimum Gasteiger partial charge on any atom is -0.444 e. The lowest BCUT2D eigenvalue weighted by atomic mass is 10.2. The summed E-state index contributed by atoms with van der Waals surface area (Å²) in [4.78, 5) is 13.1. The molecule has 1 aliphatic heterocycles. The Balaban J connectivity index is 0.00000144. The van der Waals surface area contributed by atoms with Gasteiger partial charge in [0.15, 0.2) is 0 Å². The Morgan fingerprint density at radius 2 is 1.69 bits per heavy atom. The molecule has 1 amide bonds. The van der Waals surface area contributed by atoms with Crippen molar-refractivity contribution in [1.82, 2.24) is 4.90 Å². The van der Waals surface area contributed by atoms with E-state index in [-0.39, 0.29) is 24.1 Å². The molecule has 0 N–H and O–H groups in total. The van der Waals surface area contributed by atoms with E-state index in [4.69, 9.17) is 4.74 Å². The third-order valence-corrected chi connectivity index (χ3v) is 1.76. The van der Waals surface area contributed by atoms with Crippen LogP contribution in [0.5, 0.6) is 0 Å². The van der Waals surface area contributed by atoms with Gasteiger partial charge in [0, 0.05) is 13.1 Å². The molecule has 0 spiro atoms. The maximum Gasteiger partial charge on any atom is 0.410 e. The molecule has 4 heteroatoms. The lowest BCUT2D eigenvalue weighted by Gasteiger charge is -2.23. The standard InChI is InChI=1S/C9H17NO2.ClH/c1-9(2,3)12-8(11)10-6-4-5-7-10;/h4-7H2,1-3H3;1H. The van der Waals surface area contributed by atoms with Crippen molar-refractivity contribution < 1.29 is 9.53 Å². The molecule has 0 aromatic heterocycles. The number of hydrogen-bond donors (Lipinski definition) is 0. The molecule has 1 rings (SSSR count). The highest BCUT2D eigenvalue weighted by atomic mass is 35.5. The van der Waals surface area contributed by atoms with Crippen LogP contribution in [0.25, 0.3) is 0 Å². The van der Waals surface area contributed by atoms with Gasteiger partial charge in [-0.15, -0.1) is 12.4 Å². The normalized spacial score (nSPS) is 16.7. The number of nitrogens with zero attached hydrogens (tertiary/aromatic N) is 1. The highest BCUT2D eigenvalue weighted by Crippen LogP contribution is 2.14. The molecule has 0 radical (unpaired) electrons. The highest BCUT2D eigenvalue weighted by Gasteiger charge is 2.23. The van der Waals surface area contributed by atoms with E-state index in [0.29, 0.717) is 0 Å². The molecule has 13 heavy (non-hydrogen) atoms. The van der Waals surface area contributed by atoms with Gasteiger partial charge >= 0.3 is 6.09 Å². The number of amides is 1. The summed E-state index contributed by atoms with van der Waals surface area (Å²) in [6.07, 6.45) is 2.05. The van der Waals surface area contributed by atoms with Crippen LogP contribution in [0.3, 0.4) is 0 Å². The third kappa shape index (κ3) is 4.36. The maximum absolute atomic E-state index is 11.4. The zero-order valence-corrected chi connectivity index (χ0v) is 9.32. The molecule has 0 unspecified atom stereocenters. The van der Waals surface area contributed by atoms with Crippen molar-refractivity contribution in [2.45, 2.75) is 39.2 Å². The van der Waals surface area contributed by atoms with Crippen molar-refractivity contribution in [2.24, 2.45) is 0 Å². The van der Waals surface area contributed by atoms with Gasteiger partial charge in [0.05, 0.1) is 0 Å². The van der Waals surface area contributed by atoms with E-state index in [2.05, 4.69) is 0 Å². The molecule has 1 saturated heterocycles. The van der Waals surface area contributed by atoms with Crippen molar-refractivity contribution in [3.63, 3.8) is 0 Å². The van der Waals surface area contributed by atoms with E-state index in [1.165, 1.54) is 0 Å². The molecule has 1 heterocycles. The predicted octanol–water partition coefficient (Wildman–Crippen LogP) is 2.44. The van der Waals surface area contributed by atoms with Gasteiger partial charge in [-0.05, 0) is 33.6 Å². The van der Waals surface area contributed by atoms with E-state index in [9.17, 15) is 4.79 Å². The lowest BCUT2D eigenvalue weighted by molar-refractivity contribution is 0.0295. The minimum absolute atomic E-state index is 0. The first-order valence-electron chi connectivity index (χ1n) is 4.47. The second-order valence-electron chi connectivity index (χ2n) is 4.17. The molecule has 0 aromatic carbocycles. The van der Waals surface area contributed by atoms with Crippen LogP contribution in [0.1, 0.15) is 33.6 Å². The Morgan fingerprint density at radius 1 is 1.23 bits per heavy atom. The molecule has 1 fully saturated rings. The summed E-state index contributed by atoms with van der Waals surface area (Å²) in [7, 11) is 0. The van der Waals surface area contributed by atoms with Crippen molar-refractivity contribution in [3.8, 4) is 0 Å². The number of rotatable bonds is 0. The van der Waals surface area contributed by atoms with Crippen LogP contribution < -0.4 is 0 Å². The number of ether oxygens (including phenoxy) is 1. The van der Waals surface area contributed by atoms with Crippen LogP contribution in [-0.2, 0) is 4.74 Å². The number of hydrogen-bond acceptors (Lipinski definition) is 2. The van der Waals surface area contributed by atoms with Crippen molar-refractivity contribution >= 4 is 18.5 Å². The van der Waals surface area contributed by atoms with Crippen LogP contribution >= 0.6 is 12.4 Å². The largest absolute Gasteiger partial charge is 0.444 e. The van der Waals surface area contributed by atoms with Gasteiger partial charge in [0.1, 0.15) is 5.60 Å². The summed E-state index contributed by atoms with van der Waals surface area (Å²) < 4.78 is 5.21. The van der Waals surface area contributed by atoms with Crippen LogP contribution in [0.2, 0.25) is 0 Å². The summed E-state index contributed by atoms with van der Waals surface area (Å²) in [6, 6.07) is 0. The van der Waals surface area contributed by atoms with E-state index >= 15 is 0 Å². The van der Waals surface area contributed by atoms with Crippen molar-refractivity contribution in [3.05, 3.63) is 0 Å². The quantitative estimate of drug-likeness (QED) is 0.611. The van der Waals surface area contributed by atoms with Gasteiger partial charge in [0.2, 0.25) is 0 Å². The van der Waals surface area contributed by atoms with E-state index in [1.54, 1.807) is 4.90 Å². The second-order valence-corrected chi connectivity index (χ2v) is 4.17. The maximum atomic E-state index is 11.4. The van der Waals surface area contributed by atoms with Crippen LogP contribution in [0.4, 0.5) is 4.79 Å². The number of halogens is 1. The second kappa shape index (κ2) is 4.70. The first-order chi connectivity index (χ1) is 5.49. The van der Waals surface area contributed by atoms with Crippen LogP contribution in [-0.4, -0.2) is 29.7 Å². The van der Waals surface area contributed by atoms with Gasteiger partial charge < -0.3 is 9.64 Å². The average Bonchev–Trinajstić information content (AvgIpc) is 2.32. The first kappa shape index (κ1) is 12.6. The SMILES string of the molecule is CC(C)(C)OC(=O)N1CCCC1.Cl. The summed E-state index contributed by atoms with van der Waals surface area (Å²) in [6.45, 7) is 7.38. The number of carbonyl (C=O) groups excluding carboxylic acids is 1. The highest BCUT2D eigenvalue weighted by molar-refractivity contribution is 5.85. The minimum atomic E-state index is -0.361. The molecule has 0 aromatic rings. The monoisotopic (exact) mass is 207 g/mol. The van der Waals surface area contributed by atoms with E-state index in [1.807, 2.05) is 20.8 Å². The number of carbonyl (C=O) groups is 1. The molecule has 0 aliphatic carbocycles. The Hall–Kier alpha value is -0.440. The molecular formula is C9H18ClNO2. The van der Waals surface area contributed by atoms with Gasteiger partial charge in [-0.3, -0.25) is 0 Å². The molecule has 78 valence electrons.